The molecule has 1 saturated heterocycles. The summed E-state index contributed by atoms with van der Waals surface area (Å²) in [5, 5.41) is 0. The quantitative estimate of drug-likeness (QED) is 0.840. The Hall–Kier alpha value is -0.810. The van der Waals surface area contributed by atoms with Crippen molar-refractivity contribution in [1.82, 2.24) is 9.47 Å². The van der Waals surface area contributed by atoms with Gasteiger partial charge in [0, 0.05) is 23.3 Å². The van der Waals surface area contributed by atoms with Crippen LogP contribution in [-0.2, 0) is 4.74 Å². The summed E-state index contributed by atoms with van der Waals surface area (Å²) in [7, 11) is 0. The highest BCUT2D eigenvalue weighted by atomic mass is 79.9. The molecule has 1 aromatic heterocycles. The smallest absolute Gasteiger partial charge is 0.270 e. The third kappa shape index (κ3) is 2.21. The van der Waals surface area contributed by atoms with Gasteiger partial charge in [0.1, 0.15) is 5.69 Å². The minimum absolute atomic E-state index is 0.128. The van der Waals surface area contributed by atoms with Crippen LogP contribution in [-0.4, -0.2) is 41.2 Å². The summed E-state index contributed by atoms with van der Waals surface area (Å²) in [5.74, 6) is 0.128. The lowest BCUT2D eigenvalue weighted by Crippen LogP contribution is -2.47. The van der Waals surface area contributed by atoms with E-state index in [4.69, 9.17) is 4.74 Å². The van der Waals surface area contributed by atoms with Gasteiger partial charge in [-0.05, 0) is 41.8 Å². The molecule has 2 fully saturated rings. The molecule has 0 aromatic carbocycles. The summed E-state index contributed by atoms with van der Waals surface area (Å²) in [6, 6.07) is 2.61. The second kappa shape index (κ2) is 4.70. The maximum absolute atomic E-state index is 12.6. The van der Waals surface area contributed by atoms with Gasteiger partial charge in [-0.15, -0.1) is 0 Å². The number of halogens is 1. The van der Waals surface area contributed by atoms with E-state index in [-0.39, 0.29) is 11.9 Å². The average Bonchev–Trinajstić information content (AvgIpc) is 3.12. The Bertz CT molecular complexity index is 468. The van der Waals surface area contributed by atoms with Gasteiger partial charge in [-0.2, -0.15) is 0 Å². The molecule has 4 nitrogen and oxygen atoms in total. The number of nitrogens with zero attached hydrogens (tertiary/aromatic N) is 2. The molecule has 1 atom stereocenters. The number of carbonyl (C=O) groups excluding carboxylic acids is 1. The van der Waals surface area contributed by atoms with Gasteiger partial charge in [0.05, 0.1) is 19.3 Å². The van der Waals surface area contributed by atoms with Crippen molar-refractivity contribution in [2.24, 2.45) is 0 Å². The standard InChI is InChI=1S/C13H17BrN2O2/c1-9-8-18-5-4-15(9)13(17)12-6-10(14)7-16(12)11-2-3-11/h6-7,9,11H,2-5,8H2,1H3. The van der Waals surface area contributed by atoms with Gasteiger partial charge in [0.25, 0.3) is 5.91 Å². The van der Waals surface area contributed by atoms with Gasteiger partial charge < -0.3 is 14.2 Å². The zero-order valence-electron chi connectivity index (χ0n) is 10.4. The number of hydrogen-bond acceptors (Lipinski definition) is 2. The summed E-state index contributed by atoms with van der Waals surface area (Å²) in [6.07, 6.45) is 4.39. The summed E-state index contributed by atoms with van der Waals surface area (Å²) in [4.78, 5) is 14.5. The van der Waals surface area contributed by atoms with Gasteiger partial charge in [0.2, 0.25) is 0 Å². The number of morpholine rings is 1. The second-order valence-electron chi connectivity index (χ2n) is 5.10. The fourth-order valence-electron chi connectivity index (χ4n) is 2.45. The lowest BCUT2D eigenvalue weighted by Gasteiger charge is -2.33. The highest BCUT2D eigenvalue weighted by Gasteiger charge is 2.31. The van der Waals surface area contributed by atoms with Crippen LogP contribution in [0.3, 0.4) is 0 Å². The number of carbonyl (C=O) groups is 1. The molecule has 3 rings (SSSR count). The van der Waals surface area contributed by atoms with E-state index in [0.29, 0.717) is 25.8 Å². The molecule has 18 heavy (non-hydrogen) atoms. The van der Waals surface area contributed by atoms with E-state index in [9.17, 15) is 4.79 Å². The predicted octanol–water partition coefficient (Wildman–Crippen LogP) is 2.45. The first kappa shape index (κ1) is 12.2. The lowest BCUT2D eigenvalue weighted by atomic mass is 10.2. The molecule has 1 aliphatic heterocycles. The predicted molar refractivity (Wildman–Crippen MR) is 71.7 cm³/mol. The third-order valence-corrected chi connectivity index (χ3v) is 4.04. The second-order valence-corrected chi connectivity index (χ2v) is 6.02. The Morgan fingerprint density at radius 1 is 1.50 bits per heavy atom. The number of rotatable bonds is 2. The maximum atomic E-state index is 12.6. The molecule has 98 valence electrons. The number of amides is 1. The van der Waals surface area contributed by atoms with Crippen LogP contribution in [0.25, 0.3) is 0 Å². The fourth-order valence-corrected chi connectivity index (χ4v) is 2.89. The lowest BCUT2D eigenvalue weighted by molar-refractivity contribution is 0.00301. The first-order valence-electron chi connectivity index (χ1n) is 6.43. The molecule has 0 N–H and O–H groups in total. The van der Waals surface area contributed by atoms with Crippen LogP contribution < -0.4 is 0 Å². The van der Waals surface area contributed by atoms with Crippen molar-refractivity contribution in [2.75, 3.05) is 19.8 Å². The minimum Gasteiger partial charge on any atom is -0.377 e. The van der Waals surface area contributed by atoms with Crippen LogP contribution in [0, 0.1) is 0 Å². The van der Waals surface area contributed by atoms with Crippen molar-refractivity contribution < 1.29 is 9.53 Å². The minimum atomic E-state index is 0.128. The van der Waals surface area contributed by atoms with Crippen LogP contribution >= 0.6 is 15.9 Å². The van der Waals surface area contributed by atoms with Crippen molar-refractivity contribution in [1.29, 1.82) is 0 Å². The van der Waals surface area contributed by atoms with Gasteiger partial charge in [-0.3, -0.25) is 4.79 Å². The Morgan fingerprint density at radius 2 is 2.28 bits per heavy atom. The fraction of sp³-hybridized carbons (Fsp3) is 0.615. The number of aromatic nitrogens is 1. The summed E-state index contributed by atoms with van der Waals surface area (Å²) < 4.78 is 8.49. The molecular weight excluding hydrogens is 296 g/mol. The number of hydrogen-bond donors (Lipinski definition) is 0. The van der Waals surface area contributed by atoms with Crippen molar-refractivity contribution in [2.45, 2.75) is 31.8 Å². The molecule has 1 aliphatic carbocycles. The summed E-state index contributed by atoms with van der Waals surface area (Å²) in [6.45, 7) is 4.00. The average molecular weight is 313 g/mol. The van der Waals surface area contributed by atoms with Gasteiger partial charge in [-0.1, -0.05) is 0 Å². The molecule has 0 spiro atoms. The summed E-state index contributed by atoms with van der Waals surface area (Å²) >= 11 is 3.47. The Labute approximate surface area is 115 Å². The van der Waals surface area contributed by atoms with E-state index in [1.807, 2.05) is 24.1 Å². The van der Waals surface area contributed by atoms with Crippen LogP contribution in [0.15, 0.2) is 16.7 Å². The van der Waals surface area contributed by atoms with E-state index >= 15 is 0 Å². The largest absolute Gasteiger partial charge is 0.377 e. The molecule has 1 unspecified atom stereocenters. The molecule has 0 bridgehead atoms. The molecular formula is C13H17BrN2O2. The van der Waals surface area contributed by atoms with Crippen LogP contribution in [0.4, 0.5) is 0 Å². The SMILES string of the molecule is CC1COCCN1C(=O)c1cc(Br)cn1C1CC1. The van der Waals surface area contributed by atoms with E-state index in [1.54, 1.807) is 0 Å². The monoisotopic (exact) mass is 312 g/mol. The molecule has 1 aromatic rings. The Kier molecular flexibility index (Phi) is 3.20. The van der Waals surface area contributed by atoms with Crippen LogP contribution in [0.2, 0.25) is 0 Å². The Balaban J connectivity index is 1.86. The van der Waals surface area contributed by atoms with Crippen LogP contribution in [0.5, 0.6) is 0 Å². The zero-order chi connectivity index (χ0) is 12.7. The highest BCUT2D eigenvalue weighted by molar-refractivity contribution is 9.10. The highest BCUT2D eigenvalue weighted by Crippen LogP contribution is 2.37. The molecule has 0 radical (unpaired) electrons. The first-order chi connectivity index (χ1) is 8.66. The zero-order valence-corrected chi connectivity index (χ0v) is 12.0. The summed E-state index contributed by atoms with van der Waals surface area (Å²) in [5.41, 5.74) is 0.804. The van der Waals surface area contributed by atoms with Crippen molar-refractivity contribution in [3.8, 4) is 0 Å². The molecule has 2 heterocycles. The first-order valence-corrected chi connectivity index (χ1v) is 7.22. The van der Waals surface area contributed by atoms with E-state index < -0.39 is 0 Å². The van der Waals surface area contributed by atoms with Gasteiger partial charge >= 0.3 is 0 Å². The van der Waals surface area contributed by atoms with E-state index in [2.05, 4.69) is 20.5 Å². The van der Waals surface area contributed by atoms with Gasteiger partial charge in [0.15, 0.2) is 0 Å². The van der Waals surface area contributed by atoms with E-state index in [1.165, 1.54) is 12.8 Å². The normalized spacial score (nSPS) is 24.3. The van der Waals surface area contributed by atoms with E-state index in [0.717, 1.165) is 10.2 Å². The van der Waals surface area contributed by atoms with Crippen LogP contribution in [0.1, 0.15) is 36.3 Å². The maximum Gasteiger partial charge on any atom is 0.270 e. The molecule has 2 aliphatic rings. The molecule has 5 heteroatoms. The van der Waals surface area contributed by atoms with Gasteiger partial charge in [-0.25, -0.2) is 0 Å². The molecule has 1 saturated carbocycles. The number of ether oxygens (including phenoxy) is 1. The van der Waals surface area contributed by atoms with Crippen molar-refractivity contribution in [3.63, 3.8) is 0 Å². The van der Waals surface area contributed by atoms with Crippen molar-refractivity contribution in [3.05, 3.63) is 22.4 Å². The topological polar surface area (TPSA) is 34.5 Å². The Morgan fingerprint density at radius 3 is 2.94 bits per heavy atom. The van der Waals surface area contributed by atoms with Crippen molar-refractivity contribution >= 4 is 21.8 Å². The third-order valence-electron chi connectivity index (χ3n) is 3.60. The molecule has 1 amide bonds.